The Bertz CT molecular complexity index is 1310. The van der Waals surface area contributed by atoms with Gasteiger partial charge in [0, 0.05) is 11.6 Å². The molecule has 3 aromatic rings. The van der Waals surface area contributed by atoms with Crippen molar-refractivity contribution in [1.29, 1.82) is 0 Å². The number of hydrogen-bond donors (Lipinski definition) is 2. The van der Waals surface area contributed by atoms with Gasteiger partial charge in [-0.3, -0.25) is 25.0 Å². The van der Waals surface area contributed by atoms with Crippen LogP contribution in [0, 0.1) is 17.0 Å². The molecule has 0 unspecified atom stereocenters. The van der Waals surface area contributed by atoms with E-state index >= 15 is 0 Å². The highest BCUT2D eigenvalue weighted by Crippen LogP contribution is 2.25. The lowest BCUT2D eigenvalue weighted by atomic mass is 10.1. The Morgan fingerprint density at radius 2 is 1.91 bits per heavy atom. The standard InChI is InChI=1S/C21H14Cl2N4O4S2/c1-11-18(17(28)9-7-12-4-2-3-5-16(12)27(30)31)33-21(24-11)26-20(32)25-19(29)13-6-8-14(22)15(23)10-13/h2-10H,1H3,(H2,24,25,26,29,32)/b9-7+. The second-order valence-electron chi connectivity index (χ2n) is 6.48. The number of carbonyl (C=O) groups excluding carboxylic acids is 2. The van der Waals surface area contributed by atoms with Gasteiger partial charge in [-0.2, -0.15) is 0 Å². The lowest BCUT2D eigenvalue weighted by molar-refractivity contribution is -0.385. The zero-order valence-electron chi connectivity index (χ0n) is 16.8. The number of para-hydroxylation sites is 1. The first kappa shape index (κ1) is 24.5. The molecule has 2 aromatic carbocycles. The molecule has 1 aromatic heterocycles. The highest BCUT2D eigenvalue weighted by molar-refractivity contribution is 7.80. The van der Waals surface area contributed by atoms with E-state index in [0.29, 0.717) is 26.3 Å². The number of thiocarbonyl (C=S) groups is 1. The predicted molar refractivity (Wildman–Crippen MR) is 133 cm³/mol. The van der Waals surface area contributed by atoms with Crippen LogP contribution < -0.4 is 10.6 Å². The molecule has 0 bridgehead atoms. The zero-order chi connectivity index (χ0) is 24.1. The van der Waals surface area contributed by atoms with Gasteiger partial charge in [-0.05, 0) is 55.6 Å². The van der Waals surface area contributed by atoms with Gasteiger partial charge in [-0.15, -0.1) is 0 Å². The van der Waals surface area contributed by atoms with Gasteiger partial charge in [0.1, 0.15) is 0 Å². The molecule has 1 heterocycles. The maximum atomic E-state index is 12.6. The average Bonchev–Trinajstić information content (AvgIpc) is 3.13. The summed E-state index contributed by atoms with van der Waals surface area (Å²) >= 11 is 18.0. The molecule has 0 aliphatic rings. The van der Waals surface area contributed by atoms with E-state index in [4.69, 9.17) is 35.4 Å². The molecule has 0 fully saturated rings. The van der Waals surface area contributed by atoms with Crippen molar-refractivity contribution in [2.45, 2.75) is 6.92 Å². The van der Waals surface area contributed by atoms with E-state index in [-0.39, 0.29) is 27.2 Å². The number of nitrogens with zero attached hydrogens (tertiary/aromatic N) is 2. The van der Waals surface area contributed by atoms with E-state index in [0.717, 1.165) is 11.3 Å². The zero-order valence-corrected chi connectivity index (χ0v) is 19.9. The molecule has 0 aliphatic heterocycles. The first-order chi connectivity index (χ1) is 15.7. The summed E-state index contributed by atoms with van der Waals surface area (Å²) in [7, 11) is 0. The lowest BCUT2D eigenvalue weighted by Crippen LogP contribution is -2.34. The van der Waals surface area contributed by atoms with Crippen LogP contribution in [-0.2, 0) is 0 Å². The molecule has 0 aliphatic carbocycles. The molecule has 12 heteroatoms. The number of aryl methyl sites for hydroxylation is 1. The number of nitro groups is 1. The van der Waals surface area contributed by atoms with Crippen LogP contribution in [-0.4, -0.2) is 26.7 Å². The van der Waals surface area contributed by atoms with Gasteiger partial charge in [0.25, 0.3) is 11.6 Å². The Hall–Kier alpha value is -3.18. The summed E-state index contributed by atoms with van der Waals surface area (Å²) in [6.07, 6.45) is 2.63. The molecule has 0 saturated carbocycles. The van der Waals surface area contributed by atoms with Gasteiger partial charge in [0.15, 0.2) is 16.0 Å². The quantitative estimate of drug-likeness (QED) is 0.141. The van der Waals surface area contributed by atoms with Gasteiger partial charge < -0.3 is 5.32 Å². The molecule has 0 saturated heterocycles. The van der Waals surface area contributed by atoms with Crippen LogP contribution in [0.2, 0.25) is 10.0 Å². The topological polar surface area (TPSA) is 114 Å². The Balaban J connectivity index is 1.67. The molecule has 168 valence electrons. The summed E-state index contributed by atoms with van der Waals surface area (Å²) in [4.78, 5) is 40.1. The highest BCUT2D eigenvalue weighted by Gasteiger charge is 2.16. The number of hydrogen-bond acceptors (Lipinski definition) is 7. The van der Waals surface area contributed by atoms with Gasteiger partial charge >= 0.3 is 0 Å². The maximum Gasteiger partial charge on any atom is 0.276 e. The molecule has 0 spiro atoms. The number of rotatable bonds is 6. The Morgan fingerprint density at radius 3 is 2.61 bits per heavy atom. The number of carbonyl (C=O) groups is 2. The number of nitro benzene ring substituents is 1. The number of ketones is 1. The number of anilines is 1. The molecule has 2 N–H and O–H groups in total. The van der Waals surface area contributed by atoms with E-state index in [1.807, 2.05) is 0 Å². The summed E-state index contributed by atoms with van der Waals surface area (Å²) in [5, 5.41) is 17.2. The summed E-state index contributed by atoms with van der Waals surface area (Å²) in [5.41, 5.74) is 0.911. The van der Waals surface area contributed by atoms with Crippen LogP contribution in [0.1, 0.15) is 31.3 Å². The van der Waals surface area contributed by atoms with Crippen molar-refractivity contribution >= 4 is 80.5 Å². The van der Waals surface area contributed by atoms with Gasteiger partial charge in [0.2, 0.25) is 0 Å². The first-order valence-electron chi connectivity index (χ1n) is 9.16. The molecular weight excluding hydrogens is 507 g/mol. The van der Waals surface area contributed by atoms with Crippen molar-refractivity contribution in [3.63, 3.8) is 0 Å². The third-order valence-electron chi connectivity index (χ3n) is 4.20. The van der Waals surface area contributed by atoms with Gasteiger partial charge in [-0.25, -0.2) is 4.98 Å². The summed E-state index contributed by atoms with van der Waals surface area (Å²) in [6.45, 7) is 1.64. The van der Waals surface area contributed by atoms with E-state index in [1.54, 1.807) is 25.1 Å². The van der Waals surface area contributed by atoms with E-state index in [9.17, 15) is 19.7 Å². The second-order valence-corrected chi connectivity index (χ2v) is 8.71. The van der Waals surface area contributed by atoms with E-state index in [2.05, 4.69) is 15.6 Å². The van der Waals surface area contributed by atoms with Crippen molar-refractivity contribution in [3.05, 3.63) is 90.4 Å². The number of halogens is 2. The van der Waals surface area contributed by atoms with Gasteiger partial charge in [0.05, 0.1) is 31.1 Å². The normalized spacial score (nSPS) is 10.8. The SMILES string of the molecule is Cc1nc(NC(=S)NC(=O)c2ccc(Cl)c(Cl)c2)sc1C(=O)/C=C/c1ccccc1[N+](=O)[O-]. The Morgan fingerprint density at radius 1 is 1.18 bits per heavy atom. The molecular formula is C21H14Cl2N4O4S2. The van der Waals surface area contributed by atoms with Crippen molar-refractivity contribution in [2.75, 3.05) is 5.32 Å². The van der Waals surface area contributed by atoms with E-state index < -0.39 is 10.8 Å². The molecule has 0 radical (unpaired) electrons. The fraction of sp³-hybridized carbons (Fsp3) is 0.0476. The molecule has 8 nitrogen and oxygen atoms in total. The first-order valence-corrected chi connectivity index (χ1v) is 11.1. The smallest absolute Gasteiger partial charge is 0.276 e. The summed E-state index contributed by atoms with van der Waals surface area (Å²) < 4.78 is 0. The predicted octanol–water partition coefficient (Wildman–Crippen LogP) is 5.69. The molecule has 0 atom stereocenters. The minimum Gasteiger partial charge on any atom is -0.308 e. The van der Waals surface area contributed by atoms with Crippen LogP contribution in [0.15, 0.2) is 48.5 Å². The third-order valence-corrected chi connectivity index (χ3v) is 6.23. The van der Waals surface area contributed by atoms with Gasteiger partial charge in [-0.1, -0.05) is 46.7 Å². The minimum atomic E-state index is -0.517. The fourth-order valence-corrected chi connectivity index (χ4v) is 4.10. The maximum absolute atomic E-state index is 12.6. The number of thiazole rings is 1. The number of nitrogens with one attached hydrogen (secondary N) is 2. The highest BCUT2D eigenvalue weighted by atomic mass is 35.5. The number of aromatic nitrogens is 1. The summed E-state index contributed by atoms with van der Waals surface area (Å²) in [6, 6.07) is 10.5. The minimum absolute atomic E-state index is 0.0192. The van der Waals surface area contributed by atoms with Crippen LogP contribution in [0.4, 0.5) is 10.8 Å². The van der Waals surface area contributed by atoms with Crippen molar-refractivity contribution < 1.29 is 14.5 Å². The van der Waals surface area contributed by atoms with Crippen LogP contribution in [0.3, 0.4) is 0 Å². The number of allylic oxidation sites excluding steroid dienone is 1. The lowest BCUT2D eigenvalue weighted by Gasteiger charge is -2.07. The second kappa shape index (κ2) is 10.6. The number of amides is 1. The summed E-state index contributed by atoms with van der Waals surface area (Å²) in [5.74, 6) is -0.870. The molecule has 33 heavy (non-hydrogen) atoms. The van der Waals surface area contributed by atoms with E-state index in [1.165, 1.54) is 36.4 Å². The van der Waals surface area contributed by atoms with Crippen LogP contribution >= 0.6 is 46.8 Å². The molecule has 1 amide bonds. The molecule has 3 rings (SSSR count). The monoisotopic (exact) mass is 520 g/mol. The van der Waals surface area contributed by atoms with Crippen molar-refractivity contribution in [2.24, 2.45) is 0 Å². The Kier molecular flexibility index (Phi) is 7.88. The van der Waals surface area contributed by atoms with Crippen LogP contribution in [0.5, 0.6) is 0 Å². The number of benzene rings is 2. The van der Waals surface area contributed by atoms with Crippen LogP contribution in [0.25, 0.3) is 6.08 Å². The van der Waals surface area contributed by atoms with Crippen molar-refractivity contribution in [3.8, 4) is 0 Å². The fourth-order valence-electron chi connectivity index (χ4n) is 2.66. The Labute approximate surface area is 207 Å². The largest absolute Gasteiger partial charge is 0.308 e. The average molecular weight is 521 g/mol. The van der Waals surface area contributed by atoms with Crippen molar-refractivity contribution in [1.82, 2.24) is 10.3 Å². The third kappa shape index (κ3) is 6.20.